The van der Waals surface area contributed by atoms with Crippen molar-refractivity contribution in [2.24, 2.45) is 0 Å². The highest BCUT2D eigenvalue weighted by Crippen LogP contribution is 2.18. The van der Waals surface area contributed by atoms with E-state index in [-0.39, 0.29) is 35.3 Å². The summed E-state index contributed by atoms with van der Waals surface area (Å²) >= 11 is 1.21. The molecule has 3 amide bonds. The Bertz CT molecular complexity index is 1120. The fourth-order valence-corrected chi connectivity index (χ4v) is 3.85. The van der Waals surface area contributed by atoms with Crippen LogP contribution in [-0.2, 0) is 9.59 Å². The third-order valence-electron chi connectivity index (χ3n) is 4.86. The molecule has 170 valence electrons. The number of carbonyl (C=O) groups is 3. The number of nitrogens with one attached hydrogen (secondary N) is 3. The number of aryl methyl sites for hydroxylation is 1. The van der Waals surface area contributed by atoms with E-state index in [1.165, 1.54) is 11.8 Å². The summed E-state index contributed by atoms with van der Waals surface area (Å²) in [5.41, 5.74) is 3.60. The van der Waals surface area contributed by atoms with E-state index in [1.54, 1.807) is 24.3 Å². The third kappa shape index (κ3) is 7.50. The van der Waals surface area contributed by atoms with Gasteiger partial charge in [0, 0.05) is 5.69 Å². The number of thioether (sulfide) groups is 1. The molecule has 3 aromatic carbocycles. The van der Waals surface area contributed by atoms with Gasteiger partial charge >= 0.3 is 0 Å². The van der Waals surface area contributed by atoms with E-state index in [4.69, 9.17) is 0 Å². The van der Waals surface area contributed by atoms with Gasteiger partial charge in [-0.1, -0.05) is 54.6 Å². The van der Waals surface area contributed by atoms with Gasteiger partial charge in [-0.3, -0.25) is 14.4 Å². The maximum atomic E-state index is 12.8. The summed E-state index contributed by atoms with van der Waals surface area (Å²) in [5, 5.41) is 8.56. The topological polar surface area (TPSA) is 87.3 Å². The maximum Gasteiger partial charge on any atom is 0.253 e. The fraction of sp³-hybridized carbons (Fsp3) is 0.192. The zero-order valence-corrected chi connectivity index (χ0v) is 19.4. The van der Waals surface area contributed by atoms with Gasteiger partial charge in [-0.25, -0.2) is 0 Å². The molecule has 0 bridgehead atoms. The molecule has 6 nitrogen and oxygen atoms in total. The fourth-order valence-electron chi connectivity index (χ4n) is 3.23. The van der Waals surface area contributed by atoms with Crippen molar-refractivity contribution in [2.45, 2.75) is 19.9 Å². The van der Waals surface area contributed by atoms with Crippen LogP contribution in [0.2, 0.25) is 0 Å². The molecule has 0 aliphatic carbocycles. The first kappa shape index (κ1) is 24.1. The Hall–Kier alpha value is -3.58. The molecule has 0 aliphatic rings. The van der Waals surface area contributed by atoms with Crippen LogP contribution in [0.5, 0.6) is 0 Å². The van der Waals surface area contributed by atoms with Crippen molar-refractivity contribution in [1.82, 2.24) is 5.32 Å². The van der Waals surface area contributed by atoms with Crippen LogP contribution in [0.15, 0.2) is 78.9 Å². The average molecular weight is 462 g/mol. The summed E-state index contributed by atoms with van der Waals surface area (Å²) < 4.78 is 0. The molecule has 33 heavy (non-hydrogen) atoms. The van der Waals surface area contributed by atoms with Crippen LogP contribution in [0, 0.1) is 6.92 Å². The number of rotatable bonds is 9. The van der Waals surface area contributed by atoms with Crippen LogP contribution >= 0.6 is 11.8 Å². The van der Waals surface area contributed by atoms with Gasteiger partial charge in [0.05, 0.1) is 28.8 Å². The van der Waals surface area contributed by atoms with Crippen LogP contribution in [0.3, 0.4) is 0 Å². The molecule has 0 saturated carbocycles. The third-order valence-corrected chi connectivity index (χ3v) is 5.79. The first-order valence-corrected chi connectivity index (χ1v) is 11.8. The van der Waals surface area contributed by atoms with Crippen molar-refractivity contribution >= 4 is 40.9 Å². The van der Waals surface area contributed by atoms with E-state index < -0.39 is 0 Å². The normalized spacial score (nSPS) is 11.3. The second-order valence-corrected chi connectivity index (χ2v) is 8.60. The lowest BCUT2D eigenvalue weighted by Crippen LogP contribution is -2.28. The van der Waals surface area contributed by atoms with Crippen molar-refractivity contribution in [2.75, 3.05) is 22.1 Å². The summed E-state index contributed by atoms with van der Waals surface area (Å²) in [6.45, 7) is 3.86. The van der Waals surface area contributed by atoms with E-state index >= 15 is 0 Å². The number of benzene rings is 3. The molecule has 0 radical (unpaired) electrons. The van der Waals surface area contributed by atoms with E-state index in [1.807, 2.05) is 68.4 Å². The monoisotopic (exact) mass is 461 g/mol. The van der Waals surface area contributed by atoms with E-state index in [9.17, 15) is 14.4 Å². The summed E-state index contributed by atoms with van der Waals surface area (Å²) in [6, 6.07) is 23.9. The lowest BCUT2D eigenvalue weighted by molar-refractivity contribution is -0.114. The average Bonchev–Trinajstić information content (AvgIpc) is 2.80. The van der Waals surface area contributed by atoms with Gasteiger partial charge in [-0.2, -0.15) is 0 Å². The number of hydrogen-bond donors (Lipinski definition) is 3. The minimum Gasteiger partial charge on any atom is -0.345 e. The molecule has 0 aromatic heterocycles. The first-order valence-electron chi connectivity index (χ1n) is 10.6. The van der Waals surface area contributed by atoms with E-state index in [0.717, 1.165) is 16.8 Å². The summed E-state index contributed by atoms with van der Waals surface area (Å²) in [4.78, 5) is 37.3. The highest BCUT2D eigenvalue weighted by Gasteiger charge is 2.16. The smallest absolute Gasteiger partial charge is 0.253 e. The maximum absolute atomic E-state index is 12.8. The Kier molecular flexibility index (Phi) is 8.66. The summed E-state index contributed by atoms with van der Waals surface area (Å²) in [5.74, 6) is -0.476. The van der Waals surface area contributed by atoms with Crippen molar-refractivity contribution < 1.29 is 14.4 Å². The second-order valence-electron chi connectivity index (χ2n) is 7.61. The van der Waals surface area contributed by atoms with Crippen LogP contribution in [-0.4, -0.2) is 29.2 Å². The Balaban J connectivity index is 1.50. The van der Waals surface area contributed by atoms with E-state index in [2.05, 4.69) is 16.0 Å². The number of anilines is 2. The van der Waals surface area contributed by atoms with Gasteiger partial charge in [-0.05, 0) is 49.2 Å². The van der Waals surface area contributed by atoms with Gasteiger partial charge in [0.2, 0.25) is 11.8 Å². The number of hydrogen-bond acceptors (Lipinski definition) is 4. The molecule has 0 saturated heterocycles. The highest BCUT2D eigenvalue weighted by atomic mass is 32.2. The molecular weight excluding hydrogens is 434 g/mol. The molecule has 0 spiro atoms. The Morgan fingerprint density at radius 1 is 0.818 bits per heavy atom. The Labute approximate surface area is 198 Å². The molecule has 3 aromatic rings. The molecule has 3 N–H and O–H groups in total. The molecule has 0 heterocycles. The predicted molar refractivity (Wildman–Crippen MR) is 135 cm³/mol. The SMILES string of the molecule is Cc1cccc(NC(=O)CSCC(=O)Nc2ccccc2C(=O)NC(C)c2ccccc2)c1. The lowest BCUT2D eigenvalue weighted by Gasteiger charge is -2.16. The number of carbonyl (C=O) groups excluding carboxylic acids is 3. The van der Waals surface area contributed by atoms with Crippen LogP contribution < -0.4 is 16.0 Å². The van der Waals surface area contributed by atoms with Crippen molar-refractivity contribution in [3.05, 3.63) is 95.6 Å². The van der Waals surface area contributed by atoms with Crippen molar-refractivity contribution in [1.29, 1.82) is 0 Å². The minimum atomic E-state index is -0.278. The zero-order chi connectivity index (χ0) is 23.6. The lowest BCUT2D eigenvalue weighted by atomic mass is 10.1. The molecule has 7 heteroatoms. The predicted octanol–water partition coefficient (Wildman–Crippen LogP) is 4.80. The van der Waals surface area contributed by atoms with Crippen molar-refractivity contribution in [3.63, 3.8) is 0 Å². The molecule has 3 rings (SSSR count). The van der Waals surface area contributed by atoms with Gasteiger partial charge in [-0.15, -0.1) is 11.8 Å². The standard InChI is InChI=1S/C26H27N3O3S/c1-18-9-8-12-21(15-18)28-24(30)16-33-17-25(31)29-23-14-7-6-13-22(23)26(32)27-19(2)20-10-4-3-5-11-20/h3-15,19H,16-17H2,1-2H3,(H,27,32)(H,28,30)(H,29,31). The highest BCUT2D eigenvalue weighted by molar-refractivity contribution is 8.00. The van der Waals surface area contributed by atoms with E-state index in [0.29, 0.717) is 11.3 Å². The van der Waals surface area contributed by atoms with Crippen LogP contribution in [0.25, 0.3) is 0 Å². The molecule has 1 atom stereocenters. The van der Waals surface area contributed by atoms with Crippen LogP contribution in [0.1, 0.15) is 34.5 Å². The van der Waals surface area contributed by atoms with Gasteiger partial charge in [0.1, 0.15) is 0 Å². The summed E-state index contributed by atoms with van der Waals surface area (Å²) in [6.07, 6.45) is 0. The number of para-hydroxylation sites is 1. The van der Waals surface area contributed by atoms with Gasteiger partial charge in [0.15, 0.2) is 0 Å². The zero-order valence-electron chi connectivity index (χ0n) is 18.6. The minimum absolute atomic E-state index is 0.0949. The Morgan fingerprint density at radius 3 is 2.21 bits per heavy atom. The van der Waals surface area contributed by atoms with Gasteiger partial charge < -0.3 is 16.0 Å². The molecule has 0 aliphatic heterocycles. The largest absolute Gasteiger partial charge is 0.345 e. The molecule has 1 unspecified atom stereocenters. The van der Waals surface area contributed by atoms with Crippen LogP contribution in [0.4, 0.5) is 11.4 Å². The first-order chi connectivity index (χ1) is 15.9. The molecular formula is C26H27N3O3S. The van der Waals surface area contributed by atoms with Crippen molar-refractivity contribution in [3.8, 4) is 0 Å². The quantitative estimate of drug-likeness (QED) is 0.427. The molecule has 0 fully saturated rings. The second kappa shape index (κ2) is 11.9. The van der Waals surface area contributed by atoms with Gasteiger partial charge in [0.25, 0.3) is 5.91 Å². The summed E-state index contributed by atoms with van der Waals surface area (Å²) in [7, 11) is 0. The Morgan fingerprint density at radius 2 is 1.48 bits per heavy atom. The number of amides is 3.